The number of hydrogen-bond donors (Lipinski definition) is 1. The smallest absolute Gasteiger partial charge is 0.349 e. The average Bonchev–Trinajstić information content (AvgIpc) is 2.24. The molecule has 0 aliphatic rings. The molecule has 0 amide bonds. The SMILES string of the molecule is Cn1ccc(N=C/C(C=O)=C/O)nc1=O. The van der Waals surface area contributed by atoms with Crippen molar-refractivity contribution in [2.45, 2.75) is 0 Å². The summed E-state index contributed by atoms with van der Waals surface area (Å²) in [5.41, 5.74) is -0.442. The third kappa shape index (κ3) is 2.87. The second-order valence-electron chi connectivity index (χ2n) is 2.68. The largest absolute Gasteiger partial charge is 0.515 e. The number of carbonyl (C=O) groups excluding carboxylic acids is 1. The van der Waals surface area contributed by atoms with Gasteiger partial charge in [0.05, 0.1) is 11.8 Å². The maximum Gasteiger partial charge on any atom is 0.349 e. The summed E-state index contributed by atoms with van der Waals surface area (Å²) in [5.74, 6) is 0.180. The van der Waals surface area contributed by atoms with E-state index in [2.05, 4.69) is 9.98 Å². The van der Waals surface area contributed by atoms with Gasteiger partial charge in [-0.25, -0.2) is 9.79 Å². The molecule has 0 aromatic carbocycles. The van der Waals surface area contributed by atoms with Gasteiger partial charge in [0.15, 0.2) is 12.1 Å². The summed E-state index contributed by atoms with van der Waals surface area (Å²) in [7, 11) is 1.56. The van der Waals surface area contributed by atoms with Gasteiger partial charge in [-0.1, -0.05) is 0 Å². The molecule has 0 aliphatic heterocycles. The quantitative estimate of drug-likeness (QED) is 0.330. The van der Waals surface area contributed by atoms with Gasteiger partial charge in [0, 0.05) is 19.5 Å². The van der Waals surface area contributed by atoms with Crippen molar-refractivity contribution < 1.29 is 9.90 Å². The molecule has 15 heavy (non-hydrogen) atoms. The Morgan fingerprint density at radius 2 is 2.40 bits per heavy atom. The minimum atomic E-state index is -0.440. The number of allylic oxidation sites excluding steroid dienone is 1. The molecule has 78 valence electrons. The van der Waals surface area contributed by atoms with E-state index < -0.39 is 5.69 Å². The molecule has 1 aromatic rings. The van der Waals surface area contributed by atoms with Crippen molar-refractivity contribution in [1.29, 1.82) is 0 Å². The van der Waals surface area contributed by atoms with Crippen LogP contribution in [-0.4, -0.2) is 27.2 Å². The second kappa shape index (κ2) is 4.85. The fourth-order valence-electron chi connectivity index (χ4n) is 0.763. The van der Waals surface area contributed by atoms with Crippen molar-refractivity contribution in [3.8, 4) is 0 Å². The molecule has 6 heteroatoms. The van der Waals surface area contributed by atoms with E-state index in [1.807, 2.05) is 0 Å². The number of nitrogens with zero attached hydrogens (tertiary/aromatic N) is 3. The highest BCUT2D eigenvalue weighted by molar-refractivity contribution is 6.02. The van der Waals surface area contributed by atoms with Gasteiger partial charge < -0.3 is 9.67 Å². The lowest BCUT2D eigenvalue weighted by atomic mass is 10.4. The van der Waals surface area contributed by atoms with E-state index in [0.29, 0.717) is 12.5 Å². The molecule has 0 spiro atoms. The molecule has 0 saturated carbocycles. The molecule has 0 fully saturated rings. The number of carbonyl (C=O) groups is 1. The van der Waals surface area contributed by atoms with Crippen molar-refractivity contribution in [1.82, 2.24) is 9.55 Å². The molecular formula is C9H9N3O3. The van der Waals surface area contributed by atoms with Crippen LogP contribution in [0, 0.1) is 0 Å². The first-order chi connectivity index (χ1) is 7.17. The van der Waals surface area contributed by atoms with Crippen molar-refractivity contribution in [3.63, 3.8) is 0 Å². The van der Waals surface area contributed by atoms with Crippen LogP contribution in [0.25, 0.3) is 0 Å². The number of rotatable bonds is 3. The van der Waals surface area contributed by atoms with Gasteiger partial charge in [-0.3, -0.25) is 4.79 Å². The van der Waals surface area contributed by atoms with Crippen LogP contribution in [0.1, 0.15) is 0 Å². The van der Waals surface area contributed by atoms with Crippen LogP contribution >= 0.6 is 0 Å². The van der Waals surface area contributed by atoms with Crippen LogP contribution in [0.5, 0.6) is 0 Å². The molecule has 0 bridgehead atoms. The van der Waals surface area contributed by atoms with E-state index in [0.717, 1.165) is 6.21 Å². The minimum Gasteiger partial charge on any atom is -0.515 e. The van der Waals surface area contributed by atoms with Gasteiger partial charge >= 0.3 is 5.69 Å². The number of aliphatic imine (C=N–C) groups is 1. The number of aryl methyl sites for hydroxylation is 1. The predicted octanol–water partition coefficient (Wildman–Crippen LogP) is 0.123. The van der Waals surface area contributed by atoms with Gasteiger partial charge in [0.1, 0.15) is 0 Å². The summed E-state index contributed by atoms with van der Waals surface area (Å²) in [6.07, 6.45) is 3.68. The van der Waals surface area contributed by atoms with E-state index in [1.165, 1.54) is 16.8 Å². The maximum atomic E-state index is 11.1. The van der Waals surface area contributed by atoms with Crippen molar-refractivity contribution in [3.05, 3.63) is 34.6 Å². The Kier molecular flexibility index (Phi) is 3.50. The lowest BCUT2D eigenvalue weighted by Gasteiger charge is -1.95. The van der Waals surface area contributed by atoms with Crippen LogP contribution in [0.15, 0.2) is 33.9 Å². The molecule has 0 unspecified atom stereocenters. The van der Waals surface area contributed by atoms with Crippen LogP contribution in [0.4, 0.5) is 5.82 Å². The molecule has 1 heterocycles. The zero-order valence-electron chi connectivity index (χ0n) is 7.99. The highest BCUT2D eigenvalue weighted by Crippen LogP contribution is 2.01. The first-order valence-electron chi connectivity index (χ1n) is 4.04. The Labute approximate surface area is 85.2 Å². The number of aldehydes is 1. The molecule has 1 N–H and O–H groups in total. The Hall–Kier alpha value is -2.24. The van der Waals surface area contributed by atoms with Crippen molar-refractivity contribution in [2.24, 2.45) is 12.0 Å². The Balaban J connectivity index is 2.95. The summed E-state index contributed by atoms with van der Waals surface area (Å²) in [6.45, 7) is 0. The third-order valence-corrected chi connectivity index (χ3v) is 1.59. The summed E-state index contributed by atoms with van der Waals surface area (Å²) < 4.78 is 1.29. The van der Waals surface area contributed by atoms with Crippen LogP contribution in [-0.2, 0) is 11.8 Å². The summed E-state index contributed by atoms with van der Waals surface area (Å²) in [5, 5.41) is 8.53. The Bertz CT molecular complexity index is 474. The first kappa shape index (κ1) is 10.8. The lowest BCUT2D eigenvalue weighted by molar-refractivity contribution is -0.104. The normalized spacial score (nSPS) is 11.9. The third-order valence-electron chi connectivity index (χ3n) is 1.59. The Morgan fingerprint density at radius 3 is 2.93 bits per heavy atom. The molecular weight excluding hydrogens is 198 g/mol. The van der Waals surface area contributed by atoms with E-state index in [9.17, 15) is 9.59 Å². The number of aliphatic hydroxyl groups is 1. The maximum absolute atomic E-state index is 11.1. The van der Waals surface area contributed by atoms with Gasteiger partial charge in [0.25, 0.3) is 0 Å². The predicted molar refractivity (Wildman–Crippen MR) is 54.4 cm³/mol. The van der Waals surface area contributed by atoms with E-state index in [1.54, 1.807) is 7.05 Å². The lowest BCUT2D eigenvalue weighted by Crippen LogP contribution is -2.18. The van der Waals surface area contributed by atoms with E-state index in [4.69, 9.17) is 5.11 Å². The van der Waals surface area contributed by atoms with E-state index >= 15 is 0 Å². The highest BCUT2D eigenvalue weighted by atomic mass is 16.2. The van der Waals surface area contributed by atoms with Gasteiger partial charge in [-0.2, -0.15) is 4.98 Å². The fraction of sp³-hybridized carbons (Fsp3) is 0.111. The van der Waals surface area contributed by atoms with Crippen molar-refractivity contribution >= 4 is 18.3 Å². The van der Waals surface area contributed by atoms with Gasteiger partial charge in [0.2, 0.25) is 0 Å². The average molecular weight is 207 g/mol. The zero-order chi connectivity index (χ0) is 11.3. The zero-order valence-corrected chi connectivity index (χ0v) is 7.99. The molecule has 6 nitrogen and oxygen atoms in total. The molecule has 1 aromatic heterocycles. The number of aliphatic hydroxyl groups excluding tert-OH is 1. The van der Waals surface area contributed by atoms with Gasteiger partial charge in [-0.05, 0) is 6.07 Å². The number of aromatic nitrogens is 2. The summed E-state index contributed by atoms with van der Waals surface area (Å²) >= 11 is 0. The van der Waals surface area contributed by atoms with Crippen LogP contribution in [0.3, 0.4) is 0 Å². The summed E-state index contributed by atoms with van der Waals surface area (Å²) in [6, 6.07) is 1.51. The molecule has 0 radical (unpaired) electrons. The molecule has 0 aliphatic carbocycles. The first-order valence-corrected chi connectivity index (χ1v) is 4.04. The molecule has 0 atom stereocenters. The van der Waals surface area contributed by atoms with Gasteiger partial charge in [-0.15, -0.1) is 0 Å². The summed E-state index contributed by atoms with van der Waals surface area (Å²) in [4.78, 5) is 28.7. The van der Waals surface area contributed by atoms with Crippen LogP contribution in [0.2, 0.25) is 0 Å². The standard InChI is InChI=1S/C9H9N3O3/c1-12-3-2-8(11-9(12)15)10-4-7(5-13)6-14/h2-6,13H,1H3/b7-5-,10-4?. The fourth-order valence-corrected chi connectivity index (χ4v) is 0.763. The van der Waals surface area contributed by atoms with Crippen LogP contribution < -0.4 is 5.69 Å². The topological polar surface area (TPSA) is 84.6 Å². The number of hydrogen-bond acceptors (Lipinski definition) is 5. The second-order valence-corrected chi connectivity index (χ2v) is 2.68. The van der Waals surface area contributed by atoms with Crippen molar-refractivity contribution in [2.75, 3.05) is 0 Å². The molecule has 1 rings (SSSR count). The highest BCUT2D eigenvalue weighted by Gasteiger charge is 1.94. The minimum absolute atomic E-state index is 0.00234. The molecule has 0 saturated heterocycles. The Morgan fingerprint density at radius 1 is 1.67 bits per heavy atom. The van der Waals surface area contributed by atoms with E-state index in [-0.39, 0.29) is 11.4 Å². The monoisotopic (exact) mass is 207 g/mol.